The van der Waals surface area contributed by atoms with Gasteiger partial charge in [0.1, 0.15) is 0 Å². The highest BCUT2D eigenvalue weighted by Gasteiger charge is 2.11. The molecular formula is C13H9N5OS. The Hall–Kier alpha value is -2.54. The lowest BCUT2D eigenvalue weighted by Gasteiger charge is -2.04. The predicted octanol–water partition coefficient (Wildman–Crippen LogP) is 2.68. The van der Waals surface area contributed by atoms with Crippen LogP contribution in [0.4, 0.5) is 0 Å². The molecule has 0 atom stereocenters. The van der Waals surface area contributed by atoms with Crippen molar-refractivity contribution in [2.75, 3.05) is 0 Å². The second-order valence-electron chi connectivity index (χ2n) is 4.40. The Labute approximate surface area is 118 Å². The van der Waals surface area contributed by atoms with E-state index in [9.17, 15) is 0 Å². The minimum absolute atomic E-state index is 0.462. The molecule has 0 saturated heterocycles. The van der Waals surface area contributed by atoms with Gasteiger partial charge in [-0.3, -0.25) is 4.98 Å². The van der Waals surface area contributed by atoms with E-state index in [4.69, 9.17) is 16.7 Å². The summed E-state index contributed by atoms with van der Waals surface area (Å²) in [4.78, 5) is 11.6. The third-order valence-corrected chi connectivity index (χ3v) is 3.53. The quantitative estimate of drug-likeness (QED) is 0.573. The van der Waals surface area contributed by atoms with Gasteiger partial charge in [0.05, 0.1) is 29.3 Å². The molecule has 4 aromatic rings. The van der Waals surface area contributed by atoms with Gasteiger partial charge in [0.15, 0.2) is 10.6 Å². The van der Waals surface area contributed by atoms with Crippen LogP contribution in [0.1, 0.15) is 5.82 Å². The van der Waals surface area contributed by atoms with Crippen molar-refractivity contribution in [2.45, 2.75) is 6.54 Å². The fraction of sp³-hybridized carbons (Fsp3) is 0.0769. The Morgan fingerprint density at radius 1 is 1.25 bits per heavy atom. The third-order valence-electron chi connectivity index (χ3n) is 3.21. The highest BCUT2D eigenvalue weighted by atomic mass is 32.1. The molecule has 3 heterocycles. The number of pyridine rings is 1. The number of aromatic nitrogens is 5. The van der Waals surface area contributed by atoms with E-state index in [1.54, 1.807) is 6.20 Å². The average Bonchev–Trinajstić information content (AvgIpc) is 3.08. The van der Waals surface area contributed by atoms with E-state index in [0.717, 1.165) is 21.9 Å². The molecule has 0 unspecified atom stereocenters. The highest BCUT2D eigenvalue weighted by Crippen LogP contribution is 2.23. The van der Waals surface area contributed by atoms with Crippen molar-refractivity contribution >= 4 is 34.2 Å². The summed E-state index contributed by atoms with van der Waals surface area (Å²) < 4.78 is 7.34. The number of nitrogens with zero attached hydrogens (tertiary/aromatic N) is 4. The third kappa shape index (κ3) is 1.64. The average molecular weight is 283 g/mol. The lowest BCUT2D eigenvalue weighted by molar-refractivity contribution is 0.408. The van der Waals surface area contributed by atoms with E-state index >= 15 is 0 Å². The van der Waals surface area contributed by atoms with Crippen LogP contribution < -0.4 is 0 Å². The Kier molecular flexibility index (Phi) is 2.40. The molecule has 0 radical (unpaired) electrons. The molecule has 0 aliphatic heterocycles. The summed E-state index contributed by atoms with van der Waals surface area (Å²) in [6, 6.07) is 7.95. The summed E-state index contributed by atoms with van der Waals surface area (Å²) in [6.07, 6.45) is 3.10. The number of aromatic amines is 1. The van der Waals surface area contributed by atoms with Crippen molar-refractivity contribution in [3.8, 4) is 0 Å². The number of imidazole rings is 1. The van der Waals surface area contributed by atoms with Crippen LogP contribution in [0.25, 0.3) is 21.9 Å². The first-order chi connectivity index (χ1) is 9.83. The Bertz CT molecular complexity index is 954. The van der Waals surface area contributed by atoms with Crippen molar-refractivity contribution < 1.29 is 4.52 Å². The first kappa shape index (κ1) is 11.3. The molecular weight excluding hydrogens is 274 g/mol. The maximum absolute atomic E-state index is 5.38. The maximum atomic E-state index is 5.38. The van der Waals surface area contributed by atoms with Gasteiger partial charge >= 0.3 is 0 Å². The first-order valence-corrected chi connectivity index (χ1v) is 6.45. The molecule has 0 spiro atoms. The van der Waals surface area contributed by atoms with Crippen LogP contribution in [0.5, 0.6) is 0 Å². The summed E-state index contributed by atoms with van der Waals surface area (Å²) in [5.74, 6) is 0.586. The number of hydrogen-bond acceptors (Lipinski definition) is 5. The number of hydrogen-bond donors (Lipinski definition) is 1. The normalized spacial score (nSPS) is 11.4. The van der Waals surface area contributed by atoms with Crippen molar-refractivity contribution in [1.29, 1.82) is 0 Å². The number of benzene rings is 1. The molecule has 0 amide bonds. The van der Waals surface area contributed by atoms with Crippen molar-refractivity contribution in [3.63, 3.8) is 0 Å². The van der Waals surface area contributed by atoms with Gasteiger partial charge in [-0.25, -0.2) is 0 Å². The van der Waals surface area contributed by atoms with Gasteiger partial charge in [-0.15, -0.1) is 0 Å². The van der Waals surface area contributed by atoms with Crippen molar-refractivity contribution in [3.05, 3.63) is 47.5 Å². The van der Waals surface area contributed by atoms with Gasteiger partial charge < -0.3 is 14.1 Å². The van der Waals surface area contributed by atoms with Crippen LogP contribution in [-0.2, 0) is 6.54 Å². The number of H-pyrrole nitrogens is 1. The van der Waals surface area contributed by atoms with Crippen LogP contribution in [0.15, 0.2) is 41.4 Å². The van der Waals surface area contributed by atoms with E-state index < -0.39 is 0 Å². The lowest BCUT2D eigenvalue weighted by atomic mass is 10.2. The van der Waals surface area contributed by atoms with Crippen LogP contribution in [0, 0.1) is 4.77 Å². The second kappa shape index (κ2) is 4.24. The van der Waals surface area contributed by atoms with E-state index in [2.05, 4.69) is 20.1 Å². The van der Waals surface area contributed by atoms with E-state index in [0.29, 0.717) is 17.1 Å². The Morgan fingerprint density at radius 2 is 2.15 bits per heavy atom. The van der Waals surface area contributed by atoms with Gasteiger partial charge in [-0.2, -0.15) is 4.98 Å². The molecule has 1 aromatic carbocycles. The largest absolute Gasteiger partial charge is 0.343 e. The molecule has 0 fully saturated rings. The smallest absolute Gasteiger partial charge is 0.213 e. The summed E-state index contributed by atoms with van der Waals surface area (Å²) in [5.41, 5.74) is 2.83. The SMILES string of the molecule is S=c1[nH]c2cnc3ccccc3c2n1Cc1ncon1. The molecule has 0 aliphatic carbocycles. The minimum Gasteiger partial charge on any atom is -0.343 e. The fourth-order valence-corrected chi connectivity index (χ4v) is 2.61. The van der Waals surface area contributed by atoms with Gasteiger partial charge in [0.2, 0.25) is 6.39 Å². The summed E-state index contributed by atoms with van der Waals surface area (Å²) in [7, 11) is 0. The molecule has 7 heteroatoms. The molecule has 0 bridgehead atoms. The van der Waals surface area contributed by atoms with Crippen molar-refractivity contribution in [2.24, 2.45) is 0 Å². The minimum atomic E-state index is 0.462. The highest BCUT2D eigenvalue weighted by molar-refractivity contribution is 7.71. The Balaban J connectivity index is 2.06. The van der Waals surface area contributed by atoms with Gasteiger partial charge in [-0.05, 0) is 18.3 Å². The first-order valence-electron chi connectivity index (χ1n) is 6.04. The van der Waals surface area contributed by atoms with E-state index in [1.807, 2.05) is 28.8 Å². The lowest BCUT2D eigenvalue weighted by Crippen LogP contribution is -2.01. The summed E-state index contributed by atoms with van der Waals surface area (Å²) in [6.45, 7) is 0.462. The molecule has 3 aromatic heterocycles. The zero-order chi connectivity index (χ0) is 13.5. The standard InChI is InChI=1S/C13H9N5OS/c20-13-16-10-5-14-9-4-2-1-3-8(9)12(10)18(13)6-11-15-7-19-17-11/h1-5,7H,6H2,(H,16,20). The van der Waals surface area contributed by atoms with E-state index in [-0.39, 0.29) is 0 Å². The van der Waals surface area contributed by atoms with Crippen LogP contribution in [0.3, 0.4) is 0 Å². The number of para-hydroxylation sites is 1. The maximum Gasteiger partial charge on any atom is 0.213 e. The van der Waals surface area contributed by atoms with Crippen LogP contribution in [-0.4, -0.2) is 24.7 Å². The summed E-state index contributed by atoms with van der Waals surface area (Å²) in [5, 5.41) is 4.88. The van der Waals surface area contributed by atoms with Gasteiger partial charge in [0, 0.05) is 5.39 Å². The van der Waals surface area contributed by atoms with Crippen molar-refractivity contribution in [1.82, 2.24) is 24.7 Å². The predicted molar refractivity (Wildman–Crippen MR) is 75.8 cm³/mol. The molecule has 0 saturated carbocycles. The van der Waals surface area contributed by atoms with Gasteiger partial charge in [0.25, 0.3) is 0 Å². The molecule has 1 N–H and O–H groups in total. The van der Waals surface area contributed by atoms with Crippen LogP contribution >= 0.6 is 12.2 Å². The monoisotopic (exact) mass is 283 g/mol. The molecule has 4 rings (SSSR count). The molecule has 20 heavy (non-hydrogen) atoms. The Morgan fingerprint density at radius 3 is 3.00 bits per heavy atom. The van der Waals surface area contributed by atoms with Crippen LogP contribution in [0.2, 0.25) is 0 Å². The van der Waals surface area contributed by atoms with E-state index in [1.165, 1.54) is 6.39 Å². The second-order valence-corrected chi connectivity index (χ2v) is 4.79. The van der Waals surface area contributed by atoms with Gasteiger partial charge in [-0.1, -0.05) is 23.4 Å². The zero-order valence-electron chi connectivity index (χ0n) is 10.3. The number of fused-ring (bicyclic) bond motifs is 3. The molecule has 0 aliphatic rings. The number of nitrogens with one attached hydrogen (secondary N) is 1. The topological polar surface area (TPSA) is 72.5 Å². The summed E-state index contributed by atoms with van der Waals surface area (Å²) >= 11 is 5.38. The molecule has 98 valence electrons. The number of rotatable bonds is 2. The zero-order valence-corrected chi connectivity index (χ0v) is 11.1. The molecule has 6 nitrogen and oxygen atoms in total. The fourth-order valence-electron chi connectivity index (χ4n) is 2.35.